The predicted octanol–water partition coefficient (Wildman–Crippen LogP) is -0.700. The first-order chi connectivity index (χ1) is 8.17. The van der Waals surface area contributed by atoms with Crippen LogP contribution in [0.4, 0.5) is 0 Å². The third-order valence-electron chi connectivity index (χ3n) is 4.41. The van der Waals surface area contributed by atoms with Crippen molar-refractivity contribution in [2.75, 3.05) is 26.2 Å². The molecule has 0 saturated carbocycles. The number of hydrogen-bond acceptors (Lipinski definition) is 3. The van der Waals surface area contributed by atoms with E-state index in [2.05, 4.69) is 25.4 Å². The highest BCUT2D eigenvalue weighted by Gasteiger charge is 2.33. The van der Waals surface area contributed by atoms with Gasteiger partial charge in [0.25, 0.3) is 0 Å². The molecule has 0 aromatic carbocycles. The molecule has 2 N–H and O–H groups in total. The van der Waals surface area contributed by atoms with Crippen molar-refractivity contribution >= 4 is 13.8 Å². The summed E-state index contributed by atoms with van der Waals surface area (Å²) in [6, 6.07) is 0. The fraction of sp³-hybridized carbons (Fsp3) is 0.917. The fourth-order valence-corrected chi connectivity index (χ4v) is 2.99. The van der Waals surface area contributed by atoms with E-state index in [1.807, 2.05) is 4.90 Å². The second-order valence-electron chi connectivity index (χ2n) is 5.49. The van der Waals surface area contributed by atoms with Gasteiger partial charge in [-0.3, -0.25) is 4.79 Å². The van der Waals surface area contributed by atoms with Crippen LogP contribution in [0.15, 0.2) is 0 Å². The lowest BCUT2D eigenvalue weighted by Gasteiger charge is -2.30. The summed E-state index contributed by atoms with van der Waals surface area (Å²) >= 11 is 0. The molecule has 1 amide bonds. The average molecular weight is 237 g/mol. The van der Waals surface area contributed by atoms with E-state index in [-0.39, 0.29) is 11.4 Å². The zero-order valence-electron chi connectivity index (χ0n) is 11.1. The first kappa shape index (κ1) is 12.9. The second-order valence-corrected chi connectivity index (χ2v) is 5.49. The molecule has 0 unspecified atom stereocenters. The lowest BCUT2D eigenvalue weighted by molar-refractivity contribution is -0.130. The number of nitrogens with one attached hydrogen (secondary N) is 2. The maximum Gasteiger partial charge on any atom is 0.236 e. The maximum absolute atomic E-state index is 12.1. The average Bonchev–Trinajstić information content (AvgIpc) is 2.95. The monoisotopic (exact) mass is 237 g/mol. The molecule has 2 rings (SSSR count). The summed E-state index contributed by atoms with van der Waals surface area (Å²) in [6.45, 7) is 5.70. The number of carbonyl (C=O) groups excluding carboxylic acids is 1. The molecular formula is C12H24BN3O. The molecule has 0 bridgehead atoms. The van der Waals surface area contributed by atoms with E-state index in [0.29, 0.717) is 12.5 Å². The number of carbonyl (C=O) groups is 1. The Morgan fingerprint density at radius 2 is 2.47 bits per heavy atom. The minimum Gasteiger partial charge on any atom is -0.347 e. The van der Waals surface area contributed by atoms with Gasteiger partial charge in [0.2, 0.25) is 5.91 Å². The molecule has 2 atom stereocenters. The highest BCUT2D eigenvalue weighted by molar-refractivity contribution is 6.13. The van der Waals surface area contributed by atoms with E-state index in [0.717, 1.165) is 45.3 Å². The number of likely N-dealkylation sites (tertiary alicyclic amines) is 1. The van der Waals surface area contributed by atoms with Gasteiger partial charge >= 0.3 is 0 Å². The highest BCUT2D eigenvalue weighted by atomic mass is 16.2. The fourth-order valence-electron chi connectivity index (χ4n) is 2.99. The standard InChI is InChI=1S/C12H24BN3O/c1-2-12(5-6-14-9-12)15-8-11(17)16-7-3-4-10(16)13/h10,14-15H,2-9,13H2,1H3/t10-,12+/m0/s1. The van der Waals surface area contributed by atoms with E-state index in [1.165, 1.54) is 0 Å². The number of nitrogens with zero attached hydrogens (tertiary/aromatic N) is 1. The Labute approximate surface area is 105 Å². The Kier molecular flexibility index (Phi) is 4.10. The molecule has 17 heavy (non-hydrogen) atoms. The Hall–Kier alpha value is -0.545. The number of rotatable bonds is 4. The molecule has 96 valence electrons. The summed E-state index contributed by atoms with van der Waals surface area (Å²) in [5.74, 6) is 0.707. The molecule has 0 aromatic rings. The second kappa shape index (κ2) is 5.40. The van der Waals surface area contributed by atoms with Crippen LogP contribution in [-0.4, -0.2) is 56.3 Å². The van der Waals surface area contributed by atoms with Crippen LogP contribution in [0.3, 0.4) is 0 Å². The van der Waals surface area contributed by atoms with Gasteiger partial charge in [0.1, 0.15) is 7.85 Å². The molecule has 0 radical (unpaired) electrons. The minimum absolute atomic E-state index is 0.151. The van der Waals surface area contributed by atoms with Crippen LogP contribution in [0.2, 0.25) is 0 Å². The smallest absolute Gasteiger partial charge is 0.236 e. The third-order valence-corrected chi connectivity index (χ3v) is 4.41. The molecule has 4 nitrogen and oxygen atoms in total. The lowest BCUT2D eigenvalue weighted by atomic mass is 9.93. The Bertz CT molecular complexity index is 279. The van der Waals surface area contributed by atoms with Gasteiger partial charge < -0.3 is 15.5 Å². The first-order valence-electron chi connectivity index (χ1n) is 6.92. The van der Waals surface area contributed by atoms with Crippen LogP contribution in [-0.2, 0) is 4.79 Å². The molecule has 0 spiro atoms. The van der Waals surface area contributed by atoms with Crippen molar-refractivity contribution in [1.82, 2.24) is 15.5 Å². The summed E-state index contributed by atoms with van der Waals surface area (Å²) in [5.41, 5.74) is 0.151. The zero-order valence-corrected chi connectivity index (χ0v) is 11.1. The molecule has 2 aliphatic heterocycles. The Morgan fingerprint density at radius 3 is 3.00 bits per heavy atom. The van der Waals surface area contributed by atoms with E-state index in [9.17, 15) is 4.79 Å². The van der Waals surface area contributed by atoms with Crippen molar-refractivity contribution in [1.29, 1.82) is 0 Å². The Balaban J connectivity index is 1.82. The van der Waals surface area contributed by atoms with Crippen molar-refractivity contribution in [3.63, 3.8) is 0 Å². The van der Waals surface area contributed by atoms with Gasteiger partial charge in [-0.1, -0.05) is 6.92 Å². The molecule has 2 aliphatic rings. The molecule has 5 heteroatoms. The molecule has 0 aliphatic carbocycles. The predicted molar refractivity (Wildman–Crippen MR) is 71.8 cm³/mol. The first-order valence-corrected chi connectivity index (χ1v) is 6.92. The number of hydrogen-bond donors (Lipinski definition) is 2. The maximum atomic E-state index is 12.1. The molecule has 2 saturated heterocycles. The third kappa shape index (κ3) is 2.83. The summed E-state index contributed by atoms with van der Waals surface area (Å²) in [5, 5.41) is 6.87. The highest BCUT2D eigenvalue weighted by Crippen LogP contribution is 2.19. The minimum atomic E-state index is 0.151. The molecule has 2 heterocycles. The topological polar surface area (TPSA) is 44.4 Å². The summed E-state index contributed by atoms with van der Waals surface area (Å²) in [7, 11) is 2.15. The zero-order chi connectivity index (χ0) is 12.3. The Morgan fingerprint density at radius 1 is 1.65 bits per heavy atom. The van der Waals surface area contributed by atoms with Crippen LogP contribution in [0.1, 0.15) is 32.6 Å². The summed E-state index contributed by atoms with van der Waals surface area (Å²) < 4.78 is 0. The van der Waals surface area contributed by atoms with Crippen LogP contribution in [0.25, 0.3) is 0 Å². The quantitative estimate of drug-likeness (QED) is 0.635. The number of amides is 1. The lowest BCUT2D eigenvalue weighted by Crippen LogP contribution is -2.51. The van der Waals surface area contributed by atoms with E-state index in [4.69, 9.17) is 0 Å². The van der Waals surface area contributed by atoms with E-state index >= 15 is 0 Å². The van der Waals surface area contributed by atoms with E-state index in [1.54, 1.807) is 0 Å². The summed E-state index contributed by atoms with van der Waals surface area (Å²) in [4.78, 5) is 14.1. The molecule has 0 aromatic heterocycles. The van der Waals surface area contributed by atoms with Crippen LogP contribution < -0.4 is 10.6 Å². The van der Waals surface area contributed by atoms with Crippen molar-refractivity contribution in [2.45, 2.75) is 44.1 Å². The van der Waals surface area contributed by atoms with Crippen molar-refractivity contribution in [3.8, 4) is 0 Å². The van der Waals surface area contributed by atoms with Crippen LogP contribution in [0.5, 0.6) is 0 Å². The van der Waals surface area contributed by atoms with Crippen molar-refractivity contribution in [2.24, 2.45) is 0 Å². The molecule has 2 fully saturated rings. The van der Waals surface area contributed by atoms with Gasteiger partial charge in [-0.05, 0) is 38.2 Å². The van der Waals surface area contributed by atoms with Crippen molar-refractivity contribution < 1.29 is 4.79 Å². The largest absolute Gasteiger partial charge is 0.347 e. The SMILES string of the molecule is B[C@@H]1CCCN1C(=O)CN[C@]1(CC)CCNC1. The van der Waals surface area contributed by atoms with Crippen molar-refractivity contribution in [3.05, 3.63) is 0 Å². The van der Waals surface area contributed by atoms with Gasteiger partial charge in [0.05, 0.1) is 6.54 Å². The van der Waals surface area contributed by atoms with Gasteiger partial charge in [0, 0.05) is 18.6 Å². The van der Waals surface area contributed by atoms with Crippen LogP contribution in [0, 0.1) is 0 Å². The van der Waals surface area contributed by atoms with Crippen LogP contribution >= 0.6 is 0 Å². The summed E-state index contributed by atoms with van der Waals surface area (Å²) in [6.07, 6.45) is 4.54. The molecular weight excluding hydrogens is 213 g/mol. The van der Waals surface area contributed by atoms with E-state index < -0.39 is 0 Å². The van der Waals surface area contributed by atoms with Gasteiger partial charge in [-0.25, -0.2) is 0 Å². The van der Waals surface area contributed by atoms with Gasteiger partial charge in [-0.2, -0.15) is 0 Å². The van der Waals surface area contributed by atoms with Gasteiger partial charge in [0.15, 0.2) is 0 Å². The normalized spacial score (nSPS) is 33.2. The van der Waals surface area contributed by atoms with Gasteiger partial charge in [-0.15, -0.1) is 0 Å².